The second-order valence-electron chi connectivity index (χ2n) is 22.9. The zero-order chi connectivity index (χ0) is 68.4. The van der Waals surface area contributed by atoms with Crippen molar-refractivity contribution in [2.75, 3.05) is 47.7 Å². The number of hydrogen-bond donors (Lipinski definition) is 12. The number of fused-ring (bicyclic) bond motifs is 8. The number of rotatable bonds is 24. The Morgan fingerprint density at radius 3 is 0.656 bits per heavy atom. The molecule has 0 aliphatic heterocycles. The van der Waals surface area contributed by atoms with Crippen LogP contribution in [-0.4, -0.2) is 90.9 Å². The molecular formula is C76H76N4O16. The molecule has 0 aromatic heterocycles. The van der Waals surface area contributed by atoms with Gasteiger partial charge in [0.2, 0.25) is 23.6 Å². The third-order valence-electron chi connectivity index (χ3n) is 15.1. The van der Waals surface area contributed by atoms with E-state index >= 15 is 0 Å². The van der Waals surface area contributed by atoms with Gasteiger partial charge in [0.15, 0.2) is 46.0 Å². The fourth-order valence-electron chi connectivity index (χ4n) is 10.7. The second kappa shape index (κ2) is 32.2. The van der Waals surface area contributed by atoms with E-state index in [-0.39, 0.29) is 98.1 Å². The summed E-state index contributed by atoms with van der Waals surface area (Å²) in [6.45, 7) is 8.92. The van der Waals surface area contributed by atoms with Crippen LogP contribution in [0.2, 0.25) is 0 Å². The summed E-state index contributed by atoms with van der Waals surface area (Å²) >= 11 is 0. The number of carbonyl (C=O) groups excluding carboxylic acids is 4. The first-order chi connectivity index (χ1) is 46.3. The Labute approximate surface area is 555 Å². The smallest absolute Gasteiger partial charge is 0.248 e. The molecule has 1 aliphatic carbocycles. The Hall–Kier alpha value is -11.8. The highest BCUT2D eigenvalue weighted by Gasteiger charge is 2.26. The lowest BCUT2D eigenvalue weighted by Gasteiger charge is -2.25. The SMILES string of the molecule is CCCOc1c2cc(NC(=O)/C=C/c3ccc(O)c(O)c3)cc1Cc1cc(NC(=O)/C=C/c3ccc(O)c(O)c3)cc(c1OCCC)Cc1cc(NC(=O)/C=C/c3ccc(O)c(O)c3)cc(c1OCCC)Cc1cc(NC(=O)/C=C/c3ccc(O)c(O)c3)cc(c1OCCC)C2. The van der Waals surface area contributed by atoms with Crippen molar-refractivity contribution >= 4 is 70.7 Å². The van der Waals surface area contributed by atoms with Gasteiger partial charge in [0, 0.05) is 117 Å². The monoisotopic (exact) mass is 1300 g/mol. The van der Waals surface area contributed by atoms with E-state index in [9.17, 15) is 60.0 Å². The van der Waals surface area contributed by atoms with Crippen LogP contribution in [0, 0.1) is 0 Å². The molecule has 8 aromatic rings. The number of benzene rings is 8. The van der Waals surface area contributed by atoms with Gasteiger partial charge in [-0.3, -0.25) is 19.2 Å². The average Bonchev–Trinajstić information content (AvgIpc) is 0.797. The number of amides is 4. The summed E-state index contributed by atoms with van der Waals surface area (Å²) in [4.78, 5) is 56.5. The van der Waals surface area contributed by atoms with Crippen LogP contribution >= 0.6 is 0 Å². The molecule has 0 unspecified atom stereocenters. The summed E-state index contributed by atoms with van der Waals surface area (Å²) in [6.07, 6.45) is 13.7. The number of phenols is 8. The molecule has 8 bridgehead atoms. The quantitative estimate of drug-likeness (QED) is 0.0198. The van der Waals surface area contributed by atoms with E-state index in [1.807, 2.05) is 27.7 Å². The lowest BCUT2D eigenvalue weighted by atomic mass is 9.90. The van der Waals surface area contributed by atoms with Crippen molar-refractivity contribution in [1.82, 2.24) is 0 Å². The summed E-state index contributed by atoms with van der Waals surface area (Å²) in [5, 5.41) is 93.1. The van der Waals surface area contributed by atoms with Crippen molar-refractivity contribution in [3.05, 3.63) is 212 Å². The van der Waals surface area contributed by atoms with Crippen LogP contribution in [-0.2, 0) is 44.9 Å². The number of anilines is 4. The molecule has 20 nitrogen and oxygen atoms in total. The molecule has 4 amide bonds. The van der Waals surface area contributed by atoms with Crippen LogP contribution < -0.4 is 40.2 Å². The minimum Gasteiger partial charge on any atom is -0.504 e. The molecule has 20 heteroatoms. The van der Waals surface area contributed by atoms with Gasteiger partial charge in [-0.25, -0.2) is 0 Å². The van der Waals surface area contributed by atoms with Gasteiger partial charge >= 0.3 is 0 Å². The van der Waals surface area contributed by atoms with Crippen molar-refractivity contribution in [3.63, 3.8) is 0 Å². The number of phenolic OH excluding ortho intramolecular Hbond substituents is 8. The molecule has 0 saturated carbocycles. The Morgan fingerprint density at radius 1 is 0.302 bits per heavy atom. The first-order valence-electron chi connectivity index (χ1n) is 31.4. The zero-order valence-electron chi connectivity index (χ0n) is 53.5. The maximum atomic E-state index is 14.1. The normalized spacial score (nSPS) is 12.0. The molecule has 0 saturated heterocycles. The summed E-state index contributed by atoms with van der Waals surface area (Å²) < 4.78 is 27.3. The Bertz CT molecular complexity index is 3700. The van der Waals surface area contributed by atoms with Crippen LogP contribution in [0.25, 0.3) is 24.3 Å². The maximum absolute atomic E-state index is 14.1. The molecule has 0 atom stereocenters. The fourth-order valence-corrected chi connectivity index (χ4v) is 10.7. The third-order valence-corrected chi connectivity index (χ3v) is 15.1. The van der Waals surface area contributed by atoms with Gasteiger partial charge in [-0.1, -0.05) is 52.0 Å². The molecule has 9 rings (SSSR count). The van der Waals surface area contributed by atoms with Crippen molar-refractivity contribution < 1.29 is 79.0 Å². The highest BCUT2D eigenvalue weighted by molar-refractivity contribution is 6.04. The standard InChI is InChI=1S/C76H76N4O16/c1-5-25-93-73-49-33-51-39-58(78-70(90)22-14-46-10-18-62(82)66(86)30-46)41-53(74(51)94-26-6-2)35-55-43-60(80-72(92)24-16-48-12-20-64(84)68(88)32-48)44-56(76(55)96-28-8-4)36-54-42-59(79-71(91)23-15-47-11-19-63(83)67(87)31-47)40-52(75(54)95-27-7-3)34-50(73)38-57(37-49)77-69(89)21-13-45-9-17-61(81)65(85)29-45/h9-24,29-32,37-44,81-88H,5-8,25-28,33-36H2,1-4H3,(H,77,89)(H,78,90)(H,79,91)(H,80,92)/b21-13+,22-14+,23-15+,24-16+. The van der Waals surface area contributed by atoms with E-state index < -0.39 is 23.6 Å². The van der Waals surface area contributed by atoms with Crippen molar-refractivity contribution in [1.29, 1.82) is 0 Å². The van der Waals surface area contributed by atoms with E-state index in [0.717, 1.165) is 0 Å². The Balaban J connectivity index is 1.29. The van der Waals surface area contributed by atoms with Gasteiger partial charge in [0.25, 0.3) is 0 Å². The minimum absolute atomic E-state index is 0.0636. The Morgan fingerprint density at radius 2 is 0.490 bits per heavy atom. The van der Waals surface area contributed by atoms with Gasteiger partial charge < -0.3 is 81.1 Å². The molecule has 96 heavy (non-hydrogen) atoms. The second-order valence-corrected chi connectivity index (χ2v) is 22.9. The zero-order valence-corrected chi connectivity index (χ0v) is 53.5. The lowest BCUT2D eigenvalue weighted by molar-refractivity contribution is -0.112. The number of nitrogens with one attached hydrogen (secondary N) is 4. The van der Waals surface area contributed by atoms with E-state index in [0.29, 0.717) is 138 Å². The number of hydrogen-bond acceptors (Lipinski definition) is 16. The lowest BCUT2D eigenvalue weighted by Crippen LogP contribution is -2.14. The molecular weight excluding hydrogens is 1220 g/mol. The highest BCUT2D eigenvalue weighted by atomic mass is 16.5. The van der Waals surface area contributed by atoms with Crippen LogP contribution in [0.3, 0.4) is 0 Å². The summed E-state index contributed by atoms with van der Waals surface area (Å²) in [5.41, 5.74) is 7.81. The van der Waals surface area contributed by atoms with Crippen LogP contribution in [0.4, 0.5) is 22.7 Å². The van der Waals surface area contributed by atoms with Crippen molar-refractivity contribution in [2.45, 2.75) is 79.1 Å². The minimum atomic E-state index is -0.542. The van der Waals surface area contributed by atoms with E-state index in [1.54, 1.807) is 48.5 Å². The van der Waals surface area contributed by atoms with E-state index in [2.05, 4.69) is 21.3 Å². The molecule has 12 N–H and O–H groups in total. The summed E-state index contributed by atoms with van der Waals surface area (Å²) in [6, 6.07) is 31.0. The number of aromatic hydroxyl groups is 8. The van der Waals surface area contributed by atoms with Gasteiger partial charge in [-0.2, -0.15) is 0 Å². The number of carbonyl (C=O) groups is 4. The first-order valence-corrected chi connectivity index (χ1v) is 31.4. The number of ether oxygens (including phenoxy) is 4. The van der Waals surface area contributed by atoms with E-state index in [4.69, 9.17) is 18.9 Å². The average molecular weight is 1300 g/mol. The van der Waals surface area contributed by atoms with Crippen molar-refractivity contribution in [2.24, 2.45) is 0 Å². The van der Waals surface area contributed by atoms with Gasteiger partial charge in [-0.05, 0) is 169 Å². The summed E-state index contributed by atoms with van der Waals surface area (Å²) in [7, 11) is 0. The van der Waals surface area contributed by atoms with Crippen LogP contribution in [0.5, 0.6) is 69.0 Å². The predicted octanol–water partition coefficient (Wildman–Crippen LogP) is 13.8. The molecule has 0 radical (unpaired) electrons. The maximum Gasteiger partial charge on any atom is 0.248 e. The molecule has 496 valence electrons. The van der Waals surface area contributed by atoms with Crippen LogP contribution in [0.15, 0.2) is 146 Å². The first kappa shape index (κ1) is 68.6. The third kappa shape index (κ3) is 18.3. The largest absolute Gasteiger partial charge is 0.504 e. The van der Waals surface area contributed by atoms with E-state index in [1.165, 1.54) is 121 Å². The highest BCUT2D eigenvalue weighted by Crippen LogP contribution is 2.44. The summed E-state index contributed by atoms with van der Waals surface area (Å²) in [5.74, 6) is -3.08. The van der Waals surface area contributed by atoms with Gasteiger partial charge in [0.1, 0.15) is 23.0 Å². The fraction of sp³-hybridized carbons (Fsp3) is 0.211. The van der Waals surface area contributed by atoms with Crippen molar-refractivity contribution in [3.8, 4) is 69.0 Å². The molecule has 0 fully saturated rings. The topological polar surface area (TPSA) is 315 Å². The van der Waals surface area contributed by atoms with Gasteiger partial charge in [-0.15, -0.1) is 0 Å². The van der Waals surface area contributed by atoms with Gasteiger partial charge in [0.05, 0.1) is 26.4 Å². The molecule has 1 aliphatic rings. The predicted molar refractivity (Wildman–Crippen MR) is 370 cm³/mol. The Kier molecular flexibility index (Phi) is 23.0. The molecule has 0 spiro atoms. The van der Waals surface area contributed by atoms with Crippen LogP contribution in [0.1, 0.15) is 120 Å². The molecule has 8 aromatic carbocycles. The molecule has 0 heterocycles.